The summed E-state index contributed by atoms with van der Waals surface area (Å²) in [5.41, 5.74) is 0.352. The van der Waals surface area contributed by atoms with Crippen LogP contribution in [-0.2, 0) is 19.0 Å². The van der Waals surface area contributed by atoms with Gasteiger partial charge in [-0.2, -0.15) is 0 Å². The number of fused-ring (bicyclic) bond motifs is 1. The molecule has 2 aromatic carbocycles. The van der Waals surface area contributed by atoms with Gasteiger partial charge in [0.05, 0.1) is 33.5 Å². The Morgan fingerprint density at radius 2 is 1.73 bits per heavy atom. The number of hydrogen-bond acceptors (Lipinski definition) is 7. The van der Waals surface area contributed by atoms with Crippen molar-refractivity contribution in [2.45, 2.75) is 6.92 Å². The third-order valence-electron chi connectivity index (χ3n) is 3.94. The van der Waals surface area contributed by atoms with Crippen molar-refractivity contribution >= 4 is 22.8 Å². The molecule has 0 saturated heterocycles. The molecule has 162 valence electrons. The molecule has 0 atom stereocenters. The highest BCUT2D eigenvalue weighted by Crippen LogP contribution is 2.28. The lowest BCUT2D eigenvalue weighted by atomic mass is 10.1. The van der Waals surface area contributed by atoms with Crippen molar-refractivity contribution in [1.29, 1.82) is 0 Å². The number of carbonyl (C=O) groups is 2. The van der Waals surface area contributed by atoms with Gasteiger partial charge in [0, 0.05) is 17.5 Å². The van der Waals surface area contributed by atoms with Gasteiger partial charge in [-0.15, -0.1) is 0 Å². The third-order valence-corrected chi connectivity index (χ3v) is 3.94. The number of amides is 1. The van der Waals surface area contributed by atoms with Crippen molar-refractivity contribution in [2.24, 2.45) is 0 Å². The molecule has 0 spiro atoms. The van der Waals surface area contributed by atoms with Crippen molar-refractivity contribution in [3.8, 4) is 11.5 Å². The zero-order chi connectivity index (χ0) is 21.8. The predicted molar refractivity (Wildman–Crippen MR) is 112 cm³/mol. The molecule has 0 aliphatic heterocycles. The molecular weight excluding hydrogens is 390 g/mol. The zero-order valence-corrected chi connectivity index (χ0v) is 17.3. The van der Waals surface area contributed by atoms with E-state index in [1.54, 1.807) is 26.2 Å². The molecule has 0 aliphatic carbocycles. The first-order valence-corrected chi connectivity index (χ1v) is 9.52. The fraction of sp³-hybridized carbons (Fsp3) is 0.364. The Kier molecular flexibility index (Phi) is 9.63. The van der Waals surface area contributed by atoms with E-state index in [-0.39, 0.29) is 13.2 Å². The maximum atomic E-state index is 11.9. The molecule has 0 unspecified atom stereocenters. The summed E-state index contributed by atoms with van der Waals surface area (Å²) in [6.45, 7) is 6.86. The molecule has 8 heteroatoms. The summed E-state index contributed by atoms with van der Waals surface area (Å²) >= 11 is 0. The van der Waals surface area contributed by atoms with Crippen molar-refractivity contribution < 1.29 is 33.3 Å². The normalized spacial score (nSPS) is 10.5. The lowest BCUT2D eigenvalue weighted by Gasteiger charge is -2.10. The number of rotatable bonds is 12. The van der Waals surface area contributed by atoms with Crippen LogP contribution >= 0.6 is 0 Å². The number of ether oxygens (including phenoxy) is 5. The predicted octanol–water partition coefficient (Wildman–Crippen LogP) is 3.09. The van der Waals surface area contributed by atoms with E-state index < -0.39 is 12.1 Å². The Bertz CT molecular complexity index is 866. The van der Waals surface area contributed by atoms with Crippen LogP contribution in [0.2, 0.25) is 0 Å². The van der Waals surface area contributed by atoms with Gasteiger partial charge in [0.25, 0.3) is 0 Å². The van der Waals surface area contributed by atoms with E-state index in [0.717, 1.165) is 16.5 Å². The van der Waals surface area contributed by atoms with E-state index in [1.807, 2.05) is 24.3 Å². The fourth-order valence-corrected chi connectivity index (χ4v) is 2.48. The summed E-state index contributed by atoms with van der Waals surface area (Å²) in [6, 6.07) is 11.0. The highest BCUT2D eigenvalue weighted by molar-refractivity contribution is 5.90. The Balaban J connectivity index is 1.56. The monoisotopic (exact) mass is 417 g/mol. The maximum absolute atomic E-state index is 11.9. The van der Waals surface area contributed by atoms with Gasteiger partial charge in [-0.25, -0.2) is 9.59 Å². The van der Waals surface area contributed by atoms with Crippen molar-refractivity contribution in [2.75, 3.05) is 46.7 Å². The molecular formula is C22H27NO7. The Labute approximate surface area is 175 Å². The molecule has 2 rings (SSSR count). The summed E-state index contributed by atoms with van der Waals surface area (Å²) < 4.78 is 26.1. The third kappa shape index (κ3) is 7.73. The van der Waals surface area contributed by atoms with Crippen LogP contribution in [0, 0.1) is 0 Å². The average molecular weight is 417 g/mol. The van der Waals surface area contributed by atoms with Crippen molar-refractivity contribution in [3.63, 3.8) is 0 Å². The van der Waals surface area contributed by atoms with Crippen molar-refractivity contribution in [1.82, 2.24) is 5.32 Å². The molecule has 1 amide bonds. The molecule has 0 radical (unpaired) electrons. The summed E-state index contributed by atoms with van der Waals surface area (Å²) in [4.78, 5) is 23.0. The van der Waals surface area contributed by atoms with Gasteiger partial charge in [-0.3, -0.25) is 0 Å². The van der Waals surface area contributed by atoms with Crippen LogP contribution in [0.25, 0.3) is 10.8 Å². The Hall–Kier alpha value is -3.10. The van der Waals surface area contributed by atoms with Crippen LogP contribution in [-0.4, -0.2) is 58.8 Å². The maximum Gasteiger partial charge on any atom is 0.412 e. The van der Waals surface area contributed by atoms with Crippen LogP contribution in [0.3, 0.4) is 0 Å². The number of hydrogen-bond donors (Lipinski definition) is 1. The molecule has 0 saturated carbocycles. The lowest BCUT2D eigenvalue weighted by molar-refractivity contribution is -0.140. The minimum Gasteiger partial charge on any atom is -0.496 e. The SMILES string of the molecule is C=C(C)C(=O)OCCOCCOCCNC(=O)Oc1ccc2c(OC)cccc2c1. The summed E-state index contributed by atoms with van der Waals surface area (Å²) in [5.74, 6) is 0.767. The summed E-state index contributed by atoms with van der Waals surface area (Å²) in [7, 11) is 1.61. The van der Waals surface area contributed by atoms with Crippen LogP contribution in [0.1, 0.15) is 6.92 Å². The first-order chi connectivity index (χ1) is 14.5. The van der Waals surface area contributed by atoms with Gasteiger partial charge >= 0.3 is 12.1 Å². The first kappa shape index (κ1) is 23.2. The Morgan fingerprint density at radius 1 is 1.00 bits per heavy atom. The number of nitrogens with one attached hydrogen (secondary N) is 1. The molecule has 0 aromatic heterocycles. The van der Waals surface area contributed by atoms with Crippen LogP contribution in [0.15, 0.2) is 48.6 Å². The molecule has 1 N–H and O–H groups in total. The van der Waals surface area contributed by atoms with E-state index in [2.05, 4.69) is 11.9 Å². The summed E-state index contributed by atoms with van der Waals surface area (Å²) in [5, 5.41) is 4.47. The fourth-order valence-electron chi connectivity index (χ4n) is 2.48. The first-order valence-electron chi connectivity index (χ1n) is 9.52. The number of esters is 1. The largest absolute Gasteiger partial charge is 0.496 e. The highest BCUT2D eigenvalue weighted by atomic mass is 16.6. The smallest absolute Gasteiger partial charge is 0.412 e. The van der Waals surface area contributed by atoms with E-state index in [4.69, 9.17) is 23.7 Å². The van der Waals surface area contributed by atoms with Gasteiger partial charge in [0.15, 0.2) is 0 Å². The molecule has 0 heterocycles. The highest BCUT2D eigenvalue weighted by Gasteiger charge is 2.07. The topological polar surface area (TPSA) is 92.3 Å². The van der Waals surface area contributed by atoms with Crippen LogP contribution in [0.4, 0.5) is 4.79 Å². The molecule has 0 aliphatic rings. The second-order valence-corrected chi connectivity index (χ2v) is 6.30. The summed E-state index contributed by atoms with van der Waals surface area (Å²) in [6.07, 6.45) is -0.559. The van der Waals surface area contributed by atoms with Gasteiger partial charge in [0.2, 0.25) is 0 Å². The van der Waals surface area contributed by atoms with E-state index in [9.17, 15) is 9.59 Å². The van der Waals surface area contributed by atoms with Gasteiger partial charge in [0.1, 0.15) is 18.1 Å². The number of carbonyl (C=O) groups excluding carboxylic acids is 2. The second-order valence-electron chi connectivity index (χ2n) is 6.30. The van der Waals surface area contributed by atoms with Gasteiger partial charge in [-0.05, 0) is 36.6 Å². The van der Waals surface area contributed by atoms with E-state index in [0.29, 0.717) is 37.7 Å². The Morgan fingerprint density at radius 3 is 2.47 bits per heavy atom. The van der Waals surface area contributed by atoms with E-state index >= 15 is 0 Å². The standard InChI is InChI=1S/C22H27NO7/c1-16(2)21(24)29-14-13-28-12-11-27-10-9-23-22(25)30-18-7-8-19-17(15-18)5-4-6-20(19)26-3/h4-8,15H,1,9-14H2,2-3H3,(H,23,25). The van der Waals surface area contributed by atoms with Gasteiger partial charge < -0.3 is 29.0 Å². The molecule has 0 fully saturated rings. The molecule has 30 heavy (non-hydrogen) atoms. The van der Waals surface area contributed by atoms with Crippen LogP contribution in [0.5, 0.6) is 11.5 Å². The zero-order valence-electron chi connectivity index (χ0n) is 17.3. The number of benzene rings is 2. The van der Waals surface area contributed by atoms with Crippen LogP contribution < -0.4 is 14.8 Å². The lowest BCUT2D eigenvalue weighted by Crippen LogP contribution is -2.30. The minimum atomic E-state index is -0.559. The molecule has 8 nitrogen and oxygen atoms in total. The molecule has 0 bridgehead atoms. The van der Waals surface area contributed by atoms with Gasteiger partial charge in [-0.1, -0.05) is 18.7 Å². The molecule has 2 aromatic rings. The number of methoxy groups -OCH3 is 1. The quantitative estimate of drug-likeness (QED) is 0.322. The minimum absolute atomic E-state index is 0.167. The van der Waals surface area contributed by atoms with E-state index in [1.165, 1.54) is 0 Å². The second kappa shape index (κ2) is 12.5. The average Bonchev–Trinajstić information content (AvgIpc) is 2.74. The van der Waals surface area contributed by atoms with Crippen molar-refractivity contribution in [3.05, 3.63) is 48.6 Å².